The van der Waals surface area contributed by atoms with Gasteiger partial charge in [0.05, 0.1) is 13.4 Å². The predicted octanol–water partition coefficient (Wildman–Crippen LogP) is 2.73. The van der Waals surface area contributed by atoms with Crippen molar-refractivity contribution >= 4 is 0 Å². The largest absolute Gasteiger partial charge is 0.505 e. The van der Waals surface area contributed by atoms with Crippen LogP contribution in [0.2, 0.25) is 0 Å². The van der Waals surface area contributed by atoms with Crippen molar-refractivity contribution in [2.24, 2.45) is 5.92 Å². The van der Waals surface area contributed by atoms with Gasteiger partial charge in [0.1, 0.15) is 0 Å². The molecular formula is C9H16O. The van der Waals surface area contributed by atoms with Crippen molar-refractivity contribution in [3.63, 3.8) is 0 Å². The Morgan fingerprint density at radius 1 is 1.40 bits per heavy atom. The van der Waals surface area contributed by atoms with E-state index in [1.807, 2.05) is 0 Å². The van der Waals surface area contributed by atoms with E-state index in [-0.39, 0.29) is 0 Å². The zero-order chi connectivity index (χ0) is 7.23. The lowest BCUT2D eigenvalue weighted by Crippen LogP contribution is -1.88. The van der Waals surface area contributed by atoms with Crippen LogP contribution in [0, 0.1) is 5.92 Å². The SMILES string of the molecule is CO/C=C/CC1CCCC1. The van der Waals surface area contributed by atoms with E-state index in [0.29, 0.717) is 0 Å². The molecular weight excluding hydrogens is 124 g/mol. The first-order valence-electron chi connectivity index (χ1n) is 4.11. The molecule has 0 heterocycles. The Kier molecular flexibility index (Phi) is 3.34. The zero-order valence-corrected chi connectivity index (χ0v) is 6.68. The quantitative estimate of drug-likeness (QED) is 0.548. The molecule has 0 saturated heterocycles. The third-order valence-corrected chi connectivity index (χ3v) is 2.18. The van der Waals surface area contributed by atoms with E-state index in [1.54, 1.807) is 13.4 Å². The molecule has 58 valence electrons. The maximum absolute atomic E-state index is 4.82. The van der Waals surface area contributed by atoms with Crippen LogP contribution in [-0.4, -0.2) is 7.11 Å². The molecule has 1 rings (SSSR count). The second-order valence-corrected chi connectivity index (χ2v) is 2.99. The minimum Gasteiger partial charge on any atom is -0.505 e. The first-order valence-corrected chi connectivity index (χ1v) is 4.11. The third-order valence-electron chi connectivity index (χ3n) is 2.18. The number of rotatable bonds is 3. The molecule has 1 saturated carbocycles. The average Bonchev–Trinajstić information content (AvgIpc) is 2.41. The summed E-state index contributed by atoms with van der Waals surface area (Å²) in [6.07, 6.45) is 10.9. The molecule has 0 radical (unpaired) electrons. The highest BCUT2D eigenvalue weighted by Crippen LogP contribution is 2.27. The van der Waals surface area contributed by atoms with E-state index in [1.165, 1.54) is 32.1 Å². The summed E-state index contributed by atoms with van der Waals surface area (Å²) < 4.78 is 4.82. The standard InChI is InChI=1S/C9H16O/c1-10-8-4-7-9-5-2-3-6-9/h4,8-9H,2-3,5-7H2,1H3/b8-4+. The van der Waals surface area contributed by atoms with Crippen LogP contribution in [0.3, 0.4) is 0 Å². The Hall–Kier alpha value is -0.460. The molecule has 0 aromatic carbocycles. The summed E-state index contributed by atoms with van der Waals surface area (Å²) in [5.74, 6) is 0.950. The molecule has 1 aliphatic carbocycles. The number of allylic oxidation sites excluding steroid dienone is 1. The van der Waals surface area contributed by atoms with E-state index >= 15 is 0 Å². The minimum atomic E-state index is 0.950. The summed E-state index contributed by atoms with van der Waals surface area (Å²) in [5.41, 5.74) is 0. The predicted molar refractivity (Wildman–Crippen MR) is 42.7 cm³/mol. The van der Waals surface area contributed by atoms with Crippen molar-refractivity contribution < 1.29 is 4.74 Å². The molecule has 1 aliphatic rings. The summed E-state index contributed by atoms with van der Waals surface area (Å²) in [6, 6.07) is 0. The highest BCUT2D eigenvalue weighted by Gasteiger charge is 2.12. The van der Waals surface area contributed by atoms with Gasteiger partial charge in [-0.3, -0.25) is 0 Å². The smallest absolute Gasteiger partial charge is 0.0784 e. The molecule has 0 unspecified atom stereocenters. The van der Waals surface area contributed by atoms with E-state index in [0.717, 1.165) is 5.92 Å². The Bertz CT molecular complexity index is 101. The van der Waals surface area contributed by atoms with Crippen LogP contribution in [0.4, 0.5) is 0 Å². The molecule has 1 fully saturated rings. The van der Waals surface area contributed by atoms with Gasteiger partial charge in [-0.05, 0) is 18.4 Å². The summed E-state index contributed by atoms with van der Waals surface area (Å²) in [7, 11) is 1.70. The second kappa shape index (κ2) is 4.37. The summed E-state index contributed by atoms with van der Waals surface area (Å²) in [4.78, 5) is 0. The van der Waals surface area contributed by atoms with Gasteiger partial charge in [-0.25, -0.2) is 0 Å². The molecule has 0 amide bonds. The monoisotopic (exact) mass is 140 g/mol. The van der Waals surface area contributed by atoms with Crippen LogP contribution in [0.15, 0.2) is 12.3 Å². The zero-order valence-electron chi connectivity index (χ0n) is 6.68. The highest BCUT2D eigenvalue weighted by atomic mass is 16.5. The lowest BCUT2D eigenvalue weighted by Gasteiger charge is -2.02. The van der Waals surface area contributed by atoms with Gasteiger partial charge in [-0.15, -0.1) is 0 Å². The van der Waals surface area contributed by atoms with Crippen molar-refractivity contribution in [2.45, 2.75) is 32.1 Å². The molecule has 0 N–H and O–H groups in total. The van der Waals surface area contributed by atoms with Gasteiger partial charge in [0, 0.05) is 0 Å². The fraction of sp³-hybridized carbons (Fsp3) is 0.778. The number of methoxy groups -OCH3 is 1. The van der Waals surface area contributed by atoms with Crippen molar-refractivity contribution in [1.82, 2.24) is 0 Å². The normalized spacial score (nSPS) is 20.5. The highest BCUT2D eigenvalue weighted by molar-refractivity contribution is 4.79. The molecule has 0 aromatic rings. The van der Waals surface area contributed by atoms with Gasteiger partial charge in [-0.1, -0.05) is 25.7 Å². The molecule has 0 atom stereocenters. The van der Waals surface area contributed by atoms with E-state index in [9.17, 15) is 0 Å². The van der Waals surface area contributed by atoms with Crippen molar-refractivity contribution in [2.75, 3.05) is 7.11 Å². The fourth-order valence-corrected chi connectivity index (χ4v) is 1.59. The van der Waals surface area contributed by atoms with Gasteiger partial charge < -0.3 is 4.74 Å². The fourth-order valence-electron chi connectivity index (χ4n) is 1.59. The summed E-state index contributed by atoms with van der Waals surface area (Å²) in [5, 5.41) is 0. The molecule has 0 spiro atoms. The first kappa shape index (κ1) is 7.64. The van der Waals surface area contributed by atoms with Crippen molar-refractivity contribution in [3.8, 4) is 0 Å². The van der Waals surface area contributed by atoms with Crippen LogP contribution < -0.4 is 0 Å². The molecule has 10 heavy (non-hydrogen) atoms. The number of hydrogen-bond acceptors (Lipinski definition) is 1. The molecule has 0 bridgehead atoms. The second-order valence-electron chi connectivity index (χ2n) is 2.99. The number of hydrogen-bond donors (Lipinski definition) is 0. The maximum atomic E-state index is 4.82. The van der Waals surface area contributed by atoms with Crippen molar-refractivity contribution in [1.29, 1.82) is 0 Å². The Morgan fingerprint density at radius 3 is 2.70 bits per heavy atom. The Labute approximate surface area is 63.1 Å². The average molecular weight is 140 g/mol. The van der Waals surface area contributed by atoms with Gasteiger partial charge in [0.15, 0.2) is 0 Å². The molecule has 1 heteroatoms. The minimum absolute atomic E-state index is 0.950. The topological polar surface area (TPSA) is 9.23 Å². The lowest BCUT2D eigenvalue weighted by atomic mass is 10.0. The van der Waals surface area contributed by atoms with E-state index in [2.05, 4.69) is 6.08 Å². The lowest BCUT2D eigenvalue weighted by molar-refractivity contribution is 0.335. The molecule has 0 aromatic heterocycles. The van der Waals surface area contributed by atoms with Gasteiger partial charge in [0.25, 0.3) is 0 Å². The van der Waals surface area contributed by atoms with Crippen LogP contribution in [0.1, 0.15) is 32.1 Å². The van der Waals surface area contributed by atoms with Crippen LogP contribution >= 0.6 is 0 Å². The van der Waals surface area contributed by atoms with Crippen molar-refractivity contribution in [3.05, 3.63) is 12.3 Å². The first-order chi connectivity index (χ1) is 4.93. The third kappa shape index (κ3) is 2.42. The van der Waals surface area contributed by atoms with Crippen LogP contribution in [0.5, 0.6) is 0 Å². The summed E-state index contributed by atoms with van der Waals surface area (Å²) >= 11 is 0. The molecule has 1 nitrogen and oxygen atoms in total. The van der Waals surface area contributed by atoms with Gasteiger partial charge >= 0.3 is 0 Å². The molecule has 0 aliphatic heterocycles. The van der Waals surface area contributed by atoms with Crippen LogP contribution in [0.25, 0.3) is 0 Å². The van der Waals surface area contributed by atoms with Gasteiger partial charge in [-0.2, -0.15) is 0 Å². The maximum Gasteiger partial charge on any atom is 0.0784 e. The van der Waals surface area contributed by atoms with E-state index < -0.39 is 0 Å². The van der Waals surface area contributed by atoms with E-state index in [4.69, 9.17) is 4.74 Å². The van der Waals surface area contributed by atoms with Crippen LogP contribution in [-0.2, 0) is 4.74 Å². The summed E-state index contributed by atoms with van der Waals surface area (Å²) in [6.45, 7) is 0. The number of ether oxygens (including phenoxy) is 1. The van der Waals surface area contributed by atoms with Gasteiger partial charge in [0.2, 0.25) is 0 Å². The Balaban J connectivity index is 2.06. The Morgan fingerprint density at radius 2 is 2.10 bits per heavy atom.